The molecular formula is C21H24N4. The molecule has 0 amide bonds. The number of aryl methyl sites for hydroxylation is 1. The van der Waals surface area contributed by atoms with Crippen molar-refractivity contribution in [1.29, 1.82) is 0 Å². The predicted molar refractivity (Wildman–Crippen MR) is 104 cm³/mol. The molecule has 2 heterocycles. The molecule has 0 aliphatic carbocycles. The molecular weight excluding hydrogens is 308 g/mol. The SMILES string of the molecule is CCN1CCN(c2nc3ccc(C)cc3nc2-c2ccccc2)CC1. The van der Waals surface area contributed by atoms with Crippen LogP contribution >= 0.6 is 0 Å². The minimum atomic E-state index is 0.967. The van der Waals surface area contributed by atoms with Gasteiger partial charge in [0.25, 0.3) is 0 Å². The standard InChI is InChI=1S/C21H24N4/c1-3-24-11-13-25(14-12-24)21-20(17-7-5-4-6-8-17)22-19-15-16(2)9-10-18(19)23-21/h4-10,15H,3,11-14H2,1-2H3. The minimum absolute atomic E-state index is 0.967. The largest absolute Gasteiger partial charge is 0.352 e. The van der Waals surface area contributed by atoms with E-state index in [1.54, 1.807) is 0 Å². The van der Waals surface area contributed by atoms with Gasteiger partial charge in [0.2, 0.25) is 0 Å². The molecule has 0 unspecified atom stereocenters. The molecule has 25 heavy (non-hydrogen) atoms. The van der Waals surface area contributed by atoms with Gasteiger partial charge in [-0.1, -0.05) is 43.3 Å². The van der Waals surface area contributed by atoms with Crippen LogP contribution in [0.4, 0.5) is 5.82 Å². The van der Waals surface area contributed by atoms with Gasteiger partial charge in [-0.3, -0.25) is 0 Å². The molecule has 1 saturated heterocycles. The summed E-state index contributed by atoms with van der Waals surface area (Å²) in [4.78, 5) is 14.9. The van der Waals surface area contributed by atoms with Crippen LogP contribution in [0.1, 0.15) is 12.5 Å². The maximum absolute atomic E-state index is 5.01. The lowest BCUT2D eigenvalue weighted by molar-refractivity contribution is 0.270. The highest BCUT2D eigenvalue weighted by atomic mass is 15.3. The summed E-state index contributed by atoms with van der Waals surface area (Å²) in [6.07, 6.45) is 0. The van der Waals surface area contributed by atoms with Crippen molar-refractivity contribution in [3.63, 3.8) is 0 Å². The molecule has 0 bridgehead atoms. The number of rotatable bonds is 3. The predicted octanol–water partition coefficient (Wildman–Crippen LogP) is 3.75. The number of fused-ring (bicyclic) bond motifs is 1. The molecule has 3 aromatic rings. The lowest BCUT2D eigenvalue weighted by atomic mass is 10.1. The number of piperazine rings is 1. The number of hydrogen-bond acceptors (Lipinski definition) is 4. The summed E-state index contributed by atoms with van der Waals surface area (Å²) in [7, 11) is 0. The van der Waals surface area contributed by atoms with Crippen LogP contribution in [0.5, 0.6) is 0 Å². The van der Waals surface area contributed by atoms with Gasteiger partial charge in [-0.15, -0.1) is 0 Å². The lowest BCUT2D eigenvalue weighted by Gasteiger charge is -2.35. The summed E-state index contributed by atoms with van der Waals surface area (Å²) in [5, 5.41) is 0. The Bertz CT molecular complexity index is 868. The first kappa shape index (κ1) is 16.0. The van der Waals surface area contributed by atoms with E-state index in [4.69, 9.17) is 9.97 Å². The number of nitrogens with zero attached hydrogens (tertiary/aromatic N) is 4. The maximum atomic E-state index is 5.01. The van der Waals surface area contributed by atoms with Crippen molar-refractivity contribution in [2.45, 2.75) is 13.8 Å². The maximum Gasteiger partial charge on any atom is 0.156 e. The number of aromatic nitrogens is 2. The number of benzene rings is 2. The summed E-state index contributed by atoms with van der Waals surface area (Å²) in [5.41, 5.74) is 5.27. The van der Waals surface area contributed by atoms with Crippen LogP contribution in [0.3, 0.4) is 0 Å². The van der Waals surface area contributed by atoms with E-state index in [2.05, 4.69) is 66.1 Å². The van der Waals surface area contributed by atoms with Crippen molar-refractivity contribution in [2.75, 3.05) is 37.6 Å². The fourth-order valence-electron chi connectivity index (χ4n) is 3.44. The van der Waals surface area contributed by atoms with Gasteiger partial charge in [0.1, 0.15) is 5.69 Å². The zero-order valence-electron chi connectivity index (χ0n) is 14.9. The van der Waals surface area contributed by atoms with E-state index in [1.807, 2.05) is 6.07 Å². The van der Waals surface area contributed by atoms with Crippen molar-refractivity contribution >= 4 is 16.9 Å². The number of likely N-dealkylation sites (N-methyl/N-ethyl adjacent to an activating group) is 1. The van der Waals surface area contributed by atoms with Crippen LogP contribution in [0, 0.1) is 6.92 Å². The molecule has 128 valence electrons. The smallest absolute Gasteiger partial charge is 0.156 e. The zero-order valence-corrected chi connectivity index (χ0v) is 14.9. The van der Waals surface area contributed by atoms with Gasteiger partial charge in [-0.2, -0.15) is 0 Å². The quantitative estimate of drug-likeness (QED) is 0.731. The summed E-state index contributed by atoms with van der Waals surface area (Å²) in [6.45, 7) is 9.60. The van der Waals surface area contributed by atoms with E-state index in [0.717, 1.165) is 60.8 Å². The second-order valence-electron chi connectivity index (χ2n) is 6.68. The molecule has 0 atom stereocenters. The molecule has 1 aliphatic heterocycles. The number of hydrogen-bond donors (Lipinski definition) is 0. The average molecular weight is 332 g/mol. The summed E-state index contributed by atoms with van der Waals surface area (Å²) >= 11 is 0. The molecule has 4 rings (SSSR count). The van der Waals surface area contributed by atoms with Gasteiger partial charge in [0, 0.05) is 31.7 Å². The van der Waals surface area contributed by atoms with E-state index < -0.39 is 0 Å². The molecule has 4 nitrogen and oxygen atoms in total. The Labute approximate surface area is 149 Å². The third kappa shape index (κ3) is 3.22. The molecule has 4 heteroatoms. The van der Waals surface area contributed by atoms with E-state index >= 15 is 0 Å². The Hall–Kier alpha value is -2.46. The van der Waals surface area contributed by atoms with Crippen molar-refractivity contribution in [1.82, 2.24) is 14.9 Å². The molecule has 1 aromatic heterocycles. The van der Waals surface area contributed by atoms with Gasteiger partial charge in [0.05, 0.1) is 11.0 Å². The van der Waals surface area contributed by atoms with Crippen LogP contribution in [-0.2, 0) is 0 Å². The van der Waals surface area contributed by atoms with Crippen molar-refractivity contribution in [3.8, 4) is 11.3 Å². The second-order valence-corrected chi connectivity index (χ2v) is 6.68. The third-order valence-electron chi connectivity index (χ3n) is 4.97. The van der Waals surface area contributed by atoms with E-state index in [9.17, 15) is 0 Å². The molecule has 1 fully saturated rings. The van der Waals surface area contributed by atoms with Gasteiger partial charge in [-0.25, -0.2) is 9.97 Å². The molecule has 0 saturated carbocycles. The van der Waals surface area contributed by atoms with Crippen LogP contribution < -0.4 is 4.90 Å². The van der Waals surface area contributed by atoms with Crippen LogP contribution in [-0.4, -0.2) is 47.6 Å². The third-order valence-corrected chi connectivity index (χ3v) is 4.97. The van der Waals surface area contributed by atoms with Crippen molar-refractivity contribution in [2.24, 2.45) is 0 Å². The minimum Gasteiger partial charge on any atom is -0.352 e. The molecule has 0 radical (unpaired) electrons. The monoisotopic (exact) mass is 332 g/mol. The zero-order chi connectivity index (χ0) is 17.2. The average Bonchev–Trinajstić information content (AvgIpc) is 2.68. The van der Waals surface area contributed by atoms with E-state index in [1.165, 1.54) is 5.56 Å². The van der Waals surface area contributed by atoms with Gasteiger partial charge < -0.3 is 9.80 Å². The first-order valence-corrected chi connectivity index (χ1v) is 9.05. The van der Waals surface area contributed by atoms with Gasteiger partial charge >= 0.3 is 0 Å². The fourth-order valence-corrected chi connectivity index (χ4v) is 3.44. The highest BCUT2D eigenvalue weighted by Gasteiger charge is 2.21. The Morgan fingerprint density at radius 1 is 0.880 bits per heavy atom. The topological polar surface area (TPSA) is 32.3 Å². The fraction of sp³-hybridized carbons (Fsp3) is 0.333. The highest BCUT2D eigenvalue weighted by molar-refractivity contribution is 5.84. The summed E-state index contributed by atoms with van der Waals surface area (Å²) < 4.78 is 0. The highest BCUT2D eigenvalue weighted by Crippen LogP contribution is 2.30. The van der Waals surface area contributed by atoms with Crippen molar-refractivity contribution in [3.05, 3.63) is 54.1 Å². The van der Waals surface area contributed by atoms with Crippen LogP contribution in [0.25, 0.3) is 22.3 Å². The molecule has 0 spiro atoms. The Kier molecular flexibility index (Phi) is 4.36. The normalized spacial score (nSPS) is 15.7. The molecule has 1 aliphatic rings. The summed E-state index contributed by atoms with van der Waals surface area (Å²) in [5.74, 6) is 1.01. The van der Waals surface area contributed by atoms with E-state index in [0.29, 0.717) is 0 Å². The van der Waals surface area contributed by atoms with Crippen LogP contribution in [0.15, 0.2) is 48.5 Å². The first-order valence-electron chi connectivity index (χ1n) is 9.05. The van der Waals surface area contributed by atoms with Gasteiger partial charge in [-0.05, 0) is 31.2 Å². The first-order chi connectivity index (χ1) is 12.2. The molecule has 2 aromatic carbocycles. The van der Waals surface area contributed by atoms with Crippen molar-refractivity contribution < 1.29 is 0 Å². The Balaban J connectivity index is 1.82. The van der Waals surface area contributed by atoms with E-state index in [-0.39, 0.29) is 0 Å². The van der Waals surface area contributed by atoms with Gasteiger partial charge in [0.15, 0.2) is 5.82 Å². The Morgan fingerprint density at radius 3 is 2.36 bits per heavy atom. The molecule has 0 N–H and O–H groups in total. The lowest BCUT2D eigenvalue weighted by Crippen LogP contribution is -2.46. The van der Waals surface area contributed by atoms with Crippen LogP contribution in [0.2, 0.25) is 0 Å². The summed E-state index contributed by atoms with van der Waals surface area (Å²) in [6, 6.07) is 16.7. The Morgan fingerprint density at radius 2 is 1.64 bits per heavy atom. The number of anilines is 1. The second kappa shape index (κ2) is 6.81.